The normalized spacial score (nSPS) is 18.4. The zero-order chi connectivity index (χ0) is 11.8. The van der Waals surface area contributed by atoms with E-state index in [0.717, 1.165) is 18.5 Å². The molecule has 0 fully saturated rings. The van der Waals surface area contributed by atoms with Gasteiger partial charge < -0.3 is 5.73 Å². The molecule has 0 amide bonds. The SMILES string of the molecule is Cc1ccc(-n2cc3c(n2)C(CN)CC3)cc1. The number of rotatable bonds is 2. The minimum atomic E-state index is 0.455. The molecule has 1 aliphatic rings. The molecule has 1 heterocycles. The van der Waals surface area contributed by atoms with Gasteiger partial charge in [-0.15, -0.1) is 0 Å². The highest BCUT2D eigenvalue weighted by Crippen LogP contribution is 2.31. The van der Waals surface area contributed by atoms with Crippen LogP contribution in [0.1, 0.15) is 29.2 Å². The van der Waals surface area contributed by atoms with Crippen LogP contribution in [-0.4, -0.2) is 16.3 Å². The van der Waals surface area contributed by atoms with Crippen LogP contribution >= 0.6 is 0 Å². The third-order valence-corrected chi connectivity index (χ3v) is 3.55. The van der Waals surface area contributed by atoms with Crippen molar-refractivity contribution in [2.24, 2.45) is 5.73 Å². The fourth-order valence-electron chi connectivity index (χ4n) is 2.49. The standard InChI is InChI=1S/C14H17N3/c1-10-2-6-13(7-3-10)17-9-12-5-4-11(8-15)14(12)16-17/h2-3,6-7,9,11H,4-5,8,15H2,1H3. The van der Waals surface area contributed by atoms with E-state index in [-0.39, 0.29) is 0 Å². The zero-order valence-corrected chi connectivity index (χ0v) is 10.1. The van der Waals surface area contributed by atoms with Crippen LogP contribution in [0.2, 0.25) is 0 Å². The predicted molar refractivity (Wildman–Crippen MR) is 68.4 cm³/mol. The fourth-order valence-corrected chi connectivity index (χ4v) is 2.49. The Bertz CT molecular complexity index is 525. The quantitative estimate of drug-likeness (QED) is 0.854. The van der Waals surface area contributed by atoms with Crippen molar-refractivity contribution in [2.75, 3.05) is 6.54 Å². The number of hydrogen-bond acceptors (Lipinski definition) is 2. The first-order chi connectivity index (χ1) is 8.28. The van der Waals surface area contributed by atoms with E-state index < -0.39 is 0 Å². The van der Waals surface area contributed by atoms with Crippen molar-refractivity contribution in [1.82, 2.24) is 9.78 Å². The Morgan fingerprint density at radius 2 is 2.12 bits per heavy atom. The highest BCUT2D eigenvalue weighted by molar-refractivity contribution is 5.37. The van der Waals surface area contributed by atoms with Gasteiger partial charge in [-0.2, -0.15) is 5.10 Å². The summed E-state index contributed by atoms with van der Waals surface area (Å²) in [5.74, 6) is 0.455. The molecule has 3 heteroatoms. The van der Waals surface area contributed by atoms with Crippen LogP contribution in [0.3, 0.4) is 0 Å². The van der Waals surface area contributed by atoms with Gasteiger partial charge in [0.15, 0.2) is 0 Å². The zero-order valence-electron chi connectivity index (χ0n) is 10.1. The maximum atomic E-state index is 5.77. The van der Waals surface area contributed by atoms with Crippen LogP contribution in [0.25, 0.3) is 5.69 Å². The van der Waals surface area contributed by atoms with E-state index >= 15 is 0 Å². The molecule has 0 bridgehead atoms. The lowest BCUT2D eigenvalue weighted by molar-refractivity contribution is 0.651. The highest BCUT2D eigenvalue weighted by atomic mass is 15.3. The van der Waals surface area contributed by atoms with Gasteiger partial charge >= 0.3 is 0 Å². The molecular weight excluding hydrogens is 210 g/mol. The summed E-state index contributed by atoms with van der Waals surface area (Å²) in [6, 6.07) is 8.44. The number of nitrogens with zero attached hydrogens (tertiary/aromatic N) is 2. The summed E-state index contributed by atoms with van der Waals surface area (Å²) in [4.78, 5) is 0. The largest absolute Gasteiger partial charge is 0.330 e. The van der Waals surface area contributed by atoms with Crippen molar-refractivity contribution < 1.29 is 0 Å². The molecule has 0 saturated heterocycles. The predicted octanol–water partition coefficient (Wildman–Crippen LogP) is 2.17. The average Bonchev–Trinajstić information content (AvgIpc) is 2.89. The third kappa shape index (κ3) is 1.76. The smallest absolute Gasteiger partial charge is 0.0704 e. The summed E-state index contributed by atoms with van der Waals surface area (Å²) in [5.41, 5.74) is 10.7. The van der Waals surface area contributed by atoms with Gasteiger partial charge in [0.05, 0.1) is 11.4 Å². The van der Waals surface area contributed by atoms with E-state index in [1.165, 1.54) is 16.8 Å². The van der Waals surface area contributed by atoms with Gasteiger partial charge in [0.2, 0.25) is 0 Å². The average molecular weight is 227 g/mol. The third-order valence-electron chi connectivity index (χ3n) is 3.55. The van der Waals surface area contributed by atoms with Gasteiger partial charge in [-0.05, 0) is 37.5 Å². The van der Waals surface area contributed by atoms with E-state index in [1.807, 2.05) is 4.68 Å². The Morgan fingerprint density at radius 3 is 2.82 bits per heavy atom. The van der Waals surface area contributed by atoms with Gasteiger partial charge in [0.25, 0.3) is 0 Å². The summed E-state index contributed by atoms with van der Waals surface area (Å²) in [6.45, 7) is 2.80. The number of aromatic nitrogens is 2. The van der Waals surface area contributed by atoms with E-state index in [9.17, 15) is 0 Å². The van der Waals surface area contributed by atoms with Crippen LogP contribution < -0.4 is 5.73 Å². The van der Waals surface area contributed by atoms with E-state index in [2.05, 4.69) is 42.5 Å². The molecular formula is C14H17N3. The van der Waals surface area contributed by atoms with Crippen LogP contribution in [0.15, 0.2) is 30.5 Å². The number of fused-ring (bicyclic) bond motifs is 1. The number of hydrogen-bond donors (Lipinski definition) is 1. The molecule has 2 N–H and O–H groups in total. The van der Waals surface area contributed by atoms with Crippen molar-refractivity contribution in [3.63, 3.8) is 0 Å². The molecule has 88 valence electrons. The molecule has 1 atom stereocenters. The second-order valence-corrected chi connectivity index (χ2v) is 4.79. The molecule has 0 radical (unpaired) electrons. The van der Waals surface area contributed by atoms with Crippen LogP contribution in [-0.2, 0) is 6.42 Å². The Kier molecular flexibility index (Phi) is 2.48. The lowest BCUT2D eigenvalue weighted by Crippen LogP contribution is -2.10. The van der Waals surface area contributed by atoms with Gasteiger partial charge in [-0.25, -0.2) is 4.68 Å². The molecule has 17 heavy (non-hydrogen) atoms. The lowest BCUT2D eigenvalue weighted by Gasteiger charge is -2.05. The van der Waals surface area contributed by atoms with E-state index in [4.69, 9.17) is 5.73 Å². The maximum absolute atomic E-state index is 5.77. The van der Waals surface area contributed by atoms with Gasteiger partial charge in [-0.1, -0.05) is 17.7 Å². The minimum absolute atomic E-state index is 0.455. The molecule has 3 nitrogen and oxygen atoms in total. The van der Waals surface area contributed by atoms with Crippen LogP contribution in [0, 0.1) is 6.92 Å². The molecule has 1 unspecified atom stereocenters. The van der Waals surface area contributed by atoms with Crippen LogP contribution in [0.4, 0.5) is 0 Å². The topological polar surface area (TPSA) is 43.8 Å². The van der Waals surface area contributed by atoms with Gasteiger partial charge in [0.1, 0.15) is 0 Å². The van der Waals surface area contributed by atoms with Crippen molar-refractivity contribution in [3.05, 3.63) is 47.3 Å². The molecule has 2 aromatic rings. The Morgan fingerprint density at radius 1 is 1.35 bits per heavy atom. The van der Waals surface area contributed by atoms with Gasteiger partial charge in [-0.3, -0.25) is 0 Å². The second kappa shape index (κ2) is 4.00. The molecule has 1 aromatic carbocycles. The highest BCUT2D eigenvalue weighted by Gasteiger charge is 2.25. The van der Waals surface area contributed by atoms with Crippen molar-refractivity contribution in [1.29, 1.82) is 0 Å². The first-order valence-corrected chi connectivity index (χ1v) is 6.13. The molecule has 1 aliphatic carbocycles. The maximum Gasteiger partial charge on any atom is 0.0704 e. The summed E-state index contributed by atoms with van der Waals surface area (Å²) >= 11 is 0. The summed E-state index contributed by atoms with van der Waals surface area (Å²) in [5, 5.41) is 4.68. The molecule has 0 aliphatic heterocycles. The van der Waals surface area contributed by atoms with E-state index in [0.29, 0.717) is 12.5 Å². The lowest BCUT2D eigenvalue weighted by atomic mass is 10.1. The Balaban J connectivity index is 1.98. The molecule has 0 saturated carbocycles. The first-order valence-electron chi connectivity index (χ1n) is 6.13. The van der Waals surface area contributed by atoms with Crippen molar-refractivity contribution in [2.45, 2.75) is 25.7 Å². The molecule has 0 spiro atoms. The molecule has 1 aromatic heterocycles. The Labute approximate surface area is 101 Å². The van der Waals surface area contributed by atoms with E-state index in [1.54, 1.807) is 0 Å². The first kappa shape index (κ1) is 10.5. The monoisotopic (exact) mass is 227 g/mol. The number of aryl methyl sites for hydroxylation is 2. The fraction of sp³-hybridized carbons (Fsp3) is 0.357. The van der Waals surface area contributed by atoms with Gasteiger partial charge in [0, 0.05) is 18.7 Å². The summed E-state index contributed by atoms with van der Waals surface area (Å²) < 4.78 is 1.98. The Hall–Kier alpha value is -1.61. The minimum Gasteiger partial charge on any atom is -0.330 e. The van der Waals surface area contributed by atoms with Crippen molar-refractivity contribution in [3.8, 4) is 5.69 Å². The number of nitrogens with two attached hydrogens (primary N) is 1. The summed E-state index contributed by atoms with van der Waals surface area (Å²) in [6.07, 6.45) is 4.42. The van der Waals surface area contributed by atoms with Crippen LogP contribution in [0.5, 0.6) is 0 Å². The molecule has 3 rings (SSSR count). The summed E-state index contributed by atoms with van der Waals surface area (Å²) in [7, 11) is 0. The van der Waals surface area contributed by atoms with Crippen molar-refractivity contribution >= 4 is 0 Å². The second-order valence-electron chi connectivity index (χ2n) is 4.79. The number of benzene rings is 1.